The average Bonchev–Trinajstić information content (AvgIpc) is 2.92. The van der Waals surface area contributed by atoms with Crippen LogP contribution in [0.15, 0.2) is 72.8 Å². The van der Waals surface area contributed by atoms with Crippen molar-refractivity contribution >= 4 is 68.4 Å². The summed E-state index contributed by atoms with van der Waals surface area (Å²) >= 11 is 4.40. The van der Waals surface area contributed by atoms with Gasteiger partial charge in [0.25, 0.3) is 5.91 Å². The molecule has 0 fully saturated rings. The van der Waals surface area contributed by atoms with E-state index in [2.05, 4.69) is 57.4 Å². The highest BCUT2D eigenvalue weighted by Crippen LogP contribution is 2.32. The molecule has 0 aromatic heterocycles. The highest BCUT2D eigenvalue weighted by atomic mass is 127. The Morgan fingerprint density at radius 3 is 1.53 bits per heavy atom. The second-order valence-electron chi connectivity index (χ2n) is 9.90. The Hall–Kier alpha value is -3.34. The van der Waals surface area contributed by atoms with Gasteiger partial charge in [0.2, 0.25) is 0 Å². The molecule has 45 heavy (non-hydrogen) atoms. The maximum Gasteiger partial charge on any atom is 0.416 e. The number of anilines is 2. The summed E-state index contributed by atoms with van der Waals surface area (Å²) in [6.45, 7) is 6.95. The summed E-state index contributed by atoms with van der Waals surface area (Å²) < 4.78 is 77.3. The van der Waals surface area contributed by atoms with Crippen LogP contribution in [-0.2, 0) is 12.4 Å². The Morgan fingerprint density at radius 1 is 0.667 bits per heavy atom. The molecule has 0 atom stereocenters. The van der Waals surface area contributed by atoms with Crippen molar-refractivity contribution in [1.29, 1.82) is 0 Å². The van der Waals surface area contributed by atoms with Gasteiger partial charge < -0.3 is 16.2 Å². The summed E-state index contributed by atoms with van der Waals surface area (Å²) in [7, 11) is 0. The maximum absolute atomic E-state index is 12.8. The van der Waals surface area contributed by atoms with Gasteiger partial charge in [-0.05, 0) is 156 Å². The normalized spacial score (nSPS) is 11.0. The van der Waals surface area contributed by atoms with Crippen LogP contribution in [0, 0.1) is 34.8 Å². The molecule has 0 radical (unpaired) electrons. The number of carboxylic acids is 1. The fourth-order valence-electron chi connectivity index (χ4n) is 3.63. The number of rotatable bonds is 3. The third kappa shape index (κ3) is 12.2. The van der Waals surface area contributed by atoms with Crippen molar-refractivity contribution < 1.29 is 41.0 Å². The van der Waals surface area contributed by atoms with Crippen LogP contribution in [0.5, 0.6) is 0 Å². The topological polar surface area (TPSA) is 92.4 Å². The van der Waals surface area contributed by atoms with E-state index in [1.807, 2.05) is 31.2 Å². The van der Waals surface area contributed by atoms with E-state index in [1.54, 1.807) is 12.1 Å². The molecule has 4 aromatic carbocycles. The van der Waals surface area contributed by atoms with E-state index < -0.39 is 35.4 Å². The molecule has 0 aliphatic rings. The van der Waals surface area contributed by atoms with Crippen LogP contribution in [0.25, 0.3) is 0 Å². The van der Waals surface area contributed by atoms with Gasteiger partial charge in [0.05, 0.1) is 16.7 Å². The van der Waals surface area contributed by atoms with Gasteiger partial charge in [-0.15, -0.1) is 0 Å². The number of aromatic carboxylic acids is 1. The Morgan fingerprint density at radius 2 is 1.11 bits per heavy atom. The summed E-state index contributed by atoms with van der Waals surface area (Å²) in [5.41, 5.74) is 7.80. The maximum atomic E-state index is 12.8. The van der Waals surface area contributed by atoms with Crippen molar-refractivity contribution in [2.24, 2.45) is 0 Å². The molecule has 0 heterocycles. The van der Waals surface area contributed by atoms with Crippen molar-refractivity contribution in [1.82, 2.24) is 0 Å². The molecule has 0 aliphatic carbocycles. The van der Waals surface area contributed by atoms with Crippen LogP contribution in [0.1, 0.15) is 54.1 Å². The van der Waals surface area contributed by atoms with E-state index >= 15 is 0 Å². The molecule has 4 N–H and O–H groups in total. The predicted octanol–water partition coefficient (Wildman–Crippen LogP) is 10.1. The molecule has 0 saturated heterocycles. The number of hydrogen-bond donors (Lipinski definition) is 3. The fourth-order valence-corrected chi connectivity index (χ4v) is 4.69. The zero-order valence-corrected chi connectivity index (χ0v) is 28.6. The number of aryl methyl sites for hydroxylation is 4. The lowest BCUT2D eigenvalue weighted by atomic mass is 10.1. The molecule has 0 bridgehead atoms. The quantitative estimate of drug-likeness (QED) is 0.109. The Labute approximate surface area is 283 Å². The zero-order valence-electron chi connectivity index (χ0n) is 24.3. The van der Waals surface area contributed by atoms with Crippen LogP contribution in [0.3, 0.4) is 0 Å². The number of carbonyl (C=O) groups excluding carboxylic acids is 1. The zero-order chi connectivity index (χ0) is 34.3. The summed E-state index contributed by atoms with van der Waals surface area (Å²) in [4.78, 5) is 22.6. The van der Waals surface area contributed by atoms with Gasteiger partial charge in [-0.3, -0.25) is 4.79 Å². The molecule has 0 spiro atoms. The van der Waals surface area contributed by atoms with Gasteiger partial charge in [-0.25, -0.2) is 4.79 Å². The van der Waals surface area contributed by atoms with Gasteiger partial charge in [0.15, 0.2) is 0 Å². The number of alkyl halides is 6. The van der Waals surface area contributed by atoms with E-state index in [9.17, 15) is 35.9 Å². The molecule has 0 aliphatic heterocycles. The second kappa shape index (κ2) is 15.8. The lowest BCUT2D eigenvalue weighted by Gasteiger charge is -2.11. The first-order valence-corrected chi connectivity index (χ1v) is 15.0. The second-order valence-corrected chi connectivity index (χ2v) is 12.2. The van der Waals surface area contributed by atoms with Gasteiger partial charge >= 0.3 is 18.3 Å². The van der Waals surface area contributed by atoms with Crippen LogP contribution in [0.2, 0.25) is 0 Å². The highest BCUT2D eigenvalue weighted by molar-refractivity contribution is 14.1. The Bertz CT molecular complexity index is 1690. The SMILES string of the molecule is Cc1cc(C(=O)Nc2ccc(C)c(I)c2)cc(C(F)(F)F)c1.Cc1cc(C(=O)O)cc(C(F)(F)F)c1.Cc1ccc(N)cc1I. The van der Waals surface area contributed by atoms with Crippen LogP contribution in [-0.4, -0.2) is 17.0 Å². The minimum absolute atomic E-state index is 0.0112. The fraction of sp³-hybridized carbons (Fsp3) is 0.188. The van der Waals surface area contributed by atoms with Crippen LogP contribution >= 0.6 is 45.2 Å². The number of nitrogens with one attached hydrogen (secondary N) is 1. The molecule has 5 nitrogen and oxygen atoms in total. The molecule has 4 aromatic rings. The summed E-state index contributed by atoms with van der Waals surface area (Å²) in [6, 6.07) is 17.3. The number of carboxylic acid groups (broad SMARTS) is 1. The average molecular weight is 856 g/mol. The number of benzene rings is 4. The number of hydrogen-bond acceptors (Lipinski definition) is 3. The third-order valence-corrected chi connectivity index (χ3v) is 8.27. The van der Waals surface area contributed by atoms with Crippen LogP contribution in [0.4, 0.5) is 37.7 Å². The van der Waals surface area contributed by atoms with Crippen LogP contribution < -0.4 is 11.1 Å². The van der Waals surface area contributed by atoms with E-state index in [0.29, 0.717) is 17.3 Å². The van der Waals surface area contributed by atoms with Gasteiger partial charge in [0.1, 0.15) is 0 Å². The smallest absolute Gasteiger partial charge is 0.416 e. The number of carbonyl (C=O) groups is 2. The molecular weight excluding hydrogens is 828 g/mol. The van der Waals surface area contributed by atoms with Crippen molar-refractivity contribution in [3.63, 3.8) is 0 Å². The molecular formula is C32H28F6I2N2O3. The molecule has 240 valence electrons. The lowest BCUT2D eigenvalue weighted by Crippen LogP contribution is -2.14. The number of nitrogens with two attached hydrogens (primary N) is 1. The van der Waals surface area contributed by atoms with Gasteiger partial charge in [0, 0.05) is 24.1 Å². The Kier molecular flexibility index (Phi) is 13.3. The monoisotopic (exact) mass is 856 g/mol. The molecule has 0 unspecified atom stereocenters. The van der Waals surface area contributed by atoms with E-state index in [0.717, 1.165) is 33.0 Å². The molecule has 4 rings (SSSR count). The predicted molar refractivity (Wildman–Crippen MR) is 179 cm³/mol. The number of nitrogen functional groups attached to an aromatic ring is 1. The molecule has 1 amide bonds. The highest BCUT2D eigenvalue weighted by Gasteiger charge is 2.32. The first kappa shape index (κ1) is 37.8. The van der Waals surface area contributed by atoms with Gasteiger partial charge in [-0.2, -0.15) is 26.3 Å². The van der Waals surface area contributed by atoms with E-state index in [-0.39, 0.29) is 16.7 Å². The molecule has 13 heteroatoms. The minimum atomic E-state index is -4.50. The van der Waals surface area contributed by atoms with Crippen molar-refractivity contribution in [3.05, 3.63) is 124 Å². The first-order valence-electron chi connectivity index (χ1n) is 12.9. The largest absolute Gasteiger partial charge is 0.478 e. The number of halogens is 8. The van der Waals surface area contributed by atoms with Crippen molar-refractivity contribution in [2.45, 2.75) is 40.0 Å². The van der Waals surface area contributed by atoms with Crippen molar-refractivity contribution in [3.8, 4) is 0 Å². The van der Waals surface area contributed by atoms with Gasteiger partial charge in [-0.1, -0.05) is 12.1 Å². The summed E-state index contributed by atoms with van der Waals surface area (Å²) in [5.74, 6) is -1.92. The minimum Gasteiger partial charge on any atom is -0.478 e. The van der Waals surface area contributed by atoms with E-state index in [4.69, 9.17) is 10.8 Å². The van der Waals surface area contributed by atoms with Crippen molar-refractivity contribution in [2.75, 3.05) is 11.1 Å². The first-order chi connectivity index (χ1) is 20.7. The van der Waals surface area contributed by atoms with E-state index in [1.165, 1.54) is 35.1 Å². The Balaban J connectivity index is 0.000000261. The third-order valence-electron chi connectivity index (χ3n) is 5.94. The summed E-state index contributed by atoms with van der Waals surface area (Å²) in [5, 5.41) is 11.2. The molecule has 0 saturated carbocycles. The number of amides is 1. The standard InChI is InChI=1S/C16H13F3INO.C9H7F3O2.C7H8IN/c1-9-5-11(7-12(6-9)16(17,18)19)15(22)21-13-4-3-10(2)14(20)8-13;1-5-2-6(8(13)14)4-7(3-5)9(10,11)12;1-5-2-3-6(9)4-7(5)8/h3-8H,1-2H3,(H,21,22);2-4H,1H3,(H,13,14);2-4H,9H2,1H3. The lowest BCUT2D eigenvalue weighted by molar-refractivity contribution is -0.138. The summed E-state index contributed by atoms with van der Waals surface area (Å²) in [6.07, 6.45) is -8.98.